The van der Waals surface area contributed by atoms with E-state index < -0.39 is 5.97 Å². The molecule has 0 bridgehead atoms. The summed E-state index contributed by atoms with van der Waals surface area (Å²) in [7, 11) is 0. The fraction of sp³-hybridized carbons (Fsp3) is 0.273. The van der Waals surface area contributed by atoms with Crippen molar-refractivity contribution in [3.05, 3.63) is 28.6 Å². The smallest absolute Gasteiger partial charge is 0.325 e. The quantitative estimate of drug-likeness (QED) is 0.664. The number of carbonyl (C=O) groups excluding carboxylic acids is 2. The summed E-state index contributed by atoms with van der Waals surface area (Å²) in [4.78, 5) is 22.2. The number of hydrogen-bond donors (Lipinski definition) is 1. The zero-order valence-corrected chi connectivity index (χ0v) is 10.8. The maximum Gasteiger partial charge on any atom is 0.325 e. The number of carbonyl (C=O) groups is 2. The topological polar surface area (TPSA) is 68.5 Å². The Balaban J connectivity index is 2.34. The minimum Gasteiger partial charge on any atom is -0.465 e. The van der Waals surface area contributed by atoms with Gasteiger partial charge in [-0.2, -0.15) is 0 Å². The van der Waals surface area contributed by atoms with Gasteiger partial charge in [0.05, 0.1) is 6.61 Å². The molecule has 1 rings (SSSR count). The van der Waals surface area contributed by atoms with Crippen molar-refractivity contribution in [2.75, 3.05) is 13.2 Å². The molecule has 0 unspecified atom stereocenters. The Labute approximate surface area is 107 Å². The lowest BCUT2D eigenvalue weighted by molar-refractivity contribution is -0.143. The SMILES string of the molecule is CCOC(=O)CNC(=O)/C=C/c1ccc(Br)o1. The lowest BCUT2D eigenvalue weighted by atomic mass is 10.4. The third-order valence-corrected chi connectivity index (χ3v) is 2.13. The van der Waals surface area contributed by atoms with Crippen molar-refractivity contribution < 1.29 is 18.7 Å². The highest BCUT2D eigenvalue weighted by molar-refractivity contribution is 9.10. The standard InChI is InChI=1S/C11H12BrNO4/c1-2-16-11(15)7-13-10(14)6-4-8-3-5-9(12)17-8/h3-6H,2,7H2,1H3,(H,13,14)/b6-4+. The molecule has 0 spiro atoms. The summed E-state index contributed by atoms with van der Waals surface area (Å²) in [5.41, 5.74) is 0. The van der Waals surface area contributed by atoms with Crippen molar-refractivity contribution in [3.8, 4) is 0 Å². The maximum atomic E-state index is 11.3. The molecule has 1 aromatic heterocycles. The van der Waals surface area contributed by atoms with Crippen LogP contribution in [0.2, 0.25) is 0 Å². The normalized spacial score (nSPS) is 10.5. The van der Waals surface area contributed by atoms with Gasteiger partial charge in [0.2, 0.25) is 5.91 Å². The molecule has 1 N–H and O–H groups in total. The van der Waals surface area contributed by atoms with E-state index in [1.54, 1.807) is 19.1 Å². The first-order chi connectivity index (χ1) is 8.11. The van der Waals surface area contributed by atoms with Crippen LogP contribution in [-0.2, 0) is 14.3 Å². The van der Waals surface area contributed by atoms with Crippen LogP contribution < -0.4 is 5.32 Å². The van der Waals surface area contributed by atoms with Crippen molar-refractivity contribution in [2.45, 2.75) is 6.92 Å². The predicted molar refractivity (Wildman–Crippen MR) is 65.1 cm³/mol. The van der Waals surface area contributed by atoms with Gasteiger partial charge in [-0.25, -0.2) is 0 Å². The van der Waals surface area contributed by atoms with Gasteiger partial charge in [-0.3, -0.25) is 9.59 Å². The second-order valence-electron chi connectivity index (χ2n) is 3.00. The van der Waals surface area contributed by atoms with E-state index in [0.717, 1.165) is 0 Å². The van der Waals surface area contributed by atoms with Crippen LogP contribution in [-0.4, -0.2) is 25.0 Å². The Hall–Kier alpha value is -1.56. The van der Waals surface area contributed by atoms with Gasteiger partial charge >= 0.3 is 5.97 Å². The molecule has 0 aliphatic carbocycles. The highest BCUT2D eigenvalue weighted by Gasteiger charge is 2.03. The van der Waals surface area contributed by atoms with Crippen molar-refractivity contribution in [2.24, 2.45) is 0 Å². The van der Waals surface area contributed by atoms with Gasteiger partial charge in [0.1, 0.15) is 12.3 Å². The molecular formula is C11H12BrNO4. The van der Waals surface area contributed by atoms with Crippen molar-refractivity contribution >= 4 is 33.9 Å². The van der Waals surface area contributed by atoms with E-state index in [9.17, 15) is 9.59 Å². The Morgan fingerprint density at radius 1 is 1.53 bits per heavy atom. The number of furan rings is 1. The molecule has 0 fully saturated rings. The van der Waals surface area contributed by atoms with Crippen LogP contribution in [0, 0.1) is 0 Å². The maximum absolute atomic E-state index is 11.3. The molecule has 0 atom stereocenters. The van der Waals surface area contributed by atoms with Crippen LogP contribution in [0.3, 0.4) is 0 Å². The van der Waals surface area contributed by atoms with Gasteiger partial charge in [-0.05, 0) is 41.1 Å². The number of hydrogen-bond acceptors (Lipinski definition) is 4. The molecule has 92 valence electrons. The van der Waals surface area contributed by atoms with Crippen LogP contribution in [0.5, 0.6) is 0 Å². The van der Waals surface area contributed by atoms with Crippen LogP contribution in [0.15, 0.2) is 27.3 Å². The number of esters is 1. The van der Waals surface area contributed by atoms with Gasteiger partial charge in [0, 0.05) is 6.08 Å². The summed E-state index contributed by atoms with van der Waals surface area (Å²) < 4.78 is 10.4. The third kappa shape index (κ3) is 5.35. The highest BCUT2D eigenvalue weighted by atomic mass is 79.9. The molecule has 17 heavy (non-hydrogen) atoms. The monoisotopic (exact) mass is 301 g/mol. The van der Waals surface area contributed by atoms with Crippen LogP contribution in [0.4, 0.5) is 0 Å². The summed E-state index contributed by atoms with van der Waals surface area (Å²) >= 11 is 3.14. The fourth-order valence-corrected chi connectivity index (χ4v) is 1.32. The number of rotatable bonds is 5. The average molecular weight is 302 g/mol. The Morgan fingerprint density at radius 3 is 2.88 bits per heavy atom. The van der Waals surface area contributed by atoms with E-state index in [1.807, 2.05) is 0 Å². The minimum absolute atomic E-state index is 0.140. The summed E-state index contributed by atoms with van der Waals surface area (Å²) in [6.07, 6.45) is 2.79. The zero-order valence-electron chi connectivity index (χ0n) is 9.23. The summed E-state index contributed by atoms with van der Waals surface area (Å²) in [5.74, 6) is -0.302. The van der Waals surface area contributed by atoms with Crippen molar-refractivity contribution in [1.29, 1.82) is 0 Å². The van der Waals surface area contributed by atoms with E-state index >= 15 is 0 Å². The molecule has 0 radical (unpaired) electrons. The van der Waals surface area contributed by atoms with Gasteiger partial charge in [0.25, 0.3) is 0 Å². The van der Waals surface area contributed by atoms with E-state index in [0.29, 0.717) is 17.0 Å². The highest BCUT2D eigenvalue weighted by Crippen LogP contribution is 2.14. The van der Waals surface area contributed by atoms with Crippen LogP contribution in [0.1, 0.15) is 12.7 Å². The van der Waals surface area contributed by atoms with E-state index in [-0.39, 0.29) is 12.5 Å². The first-order valence-electron chi connectivity index (χ1n) is 4.98. The molecule has 1 amide bonds. The molecule has 6 heteroatoms. The van der Waals surface area contributed by atoms with E-state index in [2.05, 4.69) is 26.0 Å². The molecular weight excluding hydrogens is 290 g/mol. The number of amides is 1. The molecule has 1 heterocycles. The van der Waals surface area contributed by atoms with E-state index in [1.165, 1.54) is 12.2 Å². The zero-order chi connectivity index (χ0) is 12.7. The Morgan fingerprint density at radius 2 is 2.29 bits per heavy atom. The van der Waals surface area contributed by atoms with Gasteiger partial charge in [-0.1, -0.05) is 0 Å². The summed E-state index contributed by atoms with van der Waals surface area (Å²) in [6.45, 7) is 1.86. The number of nitrogens with one attached hydrogen (secondary N) is 1. The molecule has 0 aliphatic rings. The van der Waals surface area contributed by atoms with Crippen molar-refractivity contribution in [1.82, 2.24) is 5.32 Å². The molecule has 5 nitrogen and oxygen atoms in total. The Kier molecular flexibility index (Phi) is 5.48. The van der Waals surface area contributed by atoms with Crippen LogP contribution in [0.25, 0.3) is 6.08 Å². The Bertz CT molecular complexity index is 425. The van der Waals surface area contributed by atoms with Gasteiger partial charge in [-0.15, -0.1) is 0 Å². The lowest BCUT2D eigenvalue weighted by Gasteiger charge is -2.01. The molecule has 0 saturated carbocycles. The molecule has 1 aromatic rings. The van der Waals surface area contributed by atoms with Crippen LogP contribution >= 0.6 is 15.9 Å². The minimum atomic E-state index is -0.463. The first kappa shape index (κ1) is 13.5. The molecule has 0 aliphatic heterocycles. The van der Waals surface area contributed by atoms with Crippen molar-refractivity contribution in [3.63, 3.8) is 0 Å². The number of ether oxygens (including phenoxy) is 1. The largest absolute Gasteiger partial charge is 0.465 e. The summed E-state index contributed by atoms with van der Waals surface area (Å²) in [5, 5.41) is 2.39. The summed E-state index contributed by atoms with van der Waals surface area (Å²) in [6, 6.07) is 3.43. The average Bonchev–Trinajstić information content (AvgIpc) is 2.70. The lowest BCUT2D eigenvalue weighted by Crippen LogP contribution is -2.29. The fourth-order valence-electron chi connectivity index (χ4n) is 1.01. The first-order valence-corrected chi connectivity index (χ1v) is 5.78. The van der Waals surface area contributed by atoms with E-state index in [4.69, 9.17) is 4.42 Å². The predicted octanol–water partition coefficient (Wildman–Crippen LogP) is 1.73. The van der Waals surface area contributed by atoms with Gasteiger partial charge < -0.3 is 14.5 Å². The van der Waals surface area contributed by atoms with Gasteiger partial charge in [0.15, 0.2) is 4.67 Å². The second-order valence-corrected chi connectivity index (χ2v) is 3.78. The third-order valence-electron chi connectivity index (χ3n) is 1.71. The number of halogens is 1. The molecule has 0 saturated heterocycles. The second kappa shape index (κ2) is 6.90. The molecule has 0 aromatic carbocycles.